The zero-order chi connectivity index (χ0) is 10.7. The second-order valence-corrected chi connectivity index (χ2v) is 2.84. The lowest BCUT2D eigenvalue weighted by Gasteiger charge is -2.00. The molecule has 7 nitrogen and oxygen atoms in total. The van der Waals surface area contributed by atoms with Gasteiger partial charge in [-0.05, 0) is 0 Å². The number of carboxylic acids is 1. The van der Waals surface area contributed by atoms with Crippen molar-refractivity contribution in [1.29, 1.82) is 0 Å². The van der Waals surface area contributed by atoms with Crippen molar-refractivity contribution >= 4 is 23.0 Å². The molecule has 0 saturated carbocycles. The minimum Gasteiger partial charge on any atom is -0.481 e. The van der Waals surface area contributed by atoms with E-state index in [9.17, 15) is 4.79 Å². The van der Waals surface area contributed by atoms with Crippen molar-refractivity contribution in [3.8, 4) is 0 Å². The molecule has 2 aromatic heterocycles. The summed E-state index contributed by atoms with van der Waals surface area (Å²) in [7, 11) is 0. The molecule has 0 saturated heterocycles. The number of aliphatic carboxylic acids is 1. The zero-order valence-corrected chi connectivity index (χ0v) is 7.67. The largest absolute Gasteiger partial charge is 0.481 e. The summed E-state index contributed by atoms with van der Waals surface area (Å²) < 4.78 is 4.82. The number of nitrogens with zero attached hydrogens (tertiary/aromatic N) is 3. The maximum atomic E-state index is 10.3. The number of hydrogen-bond acceptors (Lipinski definition) is 6. The van der Waals surface area contributed by atoms with Crippen LogP contribution in [0.2, 0.25) is 0 Å². The Morgan fingerprint density at radius 2 is 2.40 bits per heavy atom. The summed E-state index contributed by atoms with van der Waals surface area (Å²) in [6, 6.07) is 0. The predicted octanol–water partition coefficient (Wildman–Crippen LogP) is 0.504. The Morgan fingerprint density at radius 3 is 3.20 bits per heavy atom. The van der Waals surface area contributed by atoms with Gasteiger partial charge < -0.3 is 14.9 Å². The molecule has 0 atom stereocenters. The lowest BCUT2D eigenvalue weighted by molar-refractivity contribution is -0.136. The van der Waals surface area contributed by atoms with Crippen molar-refractivity contribution < 1.29 is 14.4 Å². The van der Waals surface area contributed by atoms with Crippen molar-refractivity contribution in [3.05, 3.63) is 12.4 Å². The van der Waals surface area contributed by atoms with E-state index in [1.807, 2.05) is 0 Å². The molecule has 15 heavy (non-hydrogen) atoms. The third kappa shape index (κ3) is 2.19. The highest BCUT2D eigenvalue weighted by atomic mass is 16.5. The van der Waals surface area contributed by atoms with E-state index in [0.717, 1.165) is 0 Å². The molecule has 2 aromatic rings. The summed E-state index contributed by atoms with van der Waals surface area (Å²) in [5.74, 6) is -0.500. The van der Waals surface area contributed by atoms with E-state index in [1.165, 1.54) is 12.4 Å². The third-order valence-electron chi connectivity index (χ3n) is 1.73. The van der Waals surface area contributed by atoms with Crippen LogP contribution in [-0.4, -0.2) is 32.7 Å². The fourth-order valence-corrected chi connectivity index (χ4v) is 1.05. The summed E-state index contributed by atoms with van der Waals surface area (Å²) in [4.78, 5) is 18.2. The minimum atomic E-state index is -0.867. The molecular weight excluding hydrogens is 200 g/mol. The summed E-state index contributed by atoms with van der Waals surface area (Å²) in [5.41, 5.74) is 1.08. The fourth-order valence-electron chi connectivity index (χ4n) is 1.05. The molecule has 2 heterocycles. The predicted molar refractivity (Wildman–Crippen MR) is 50.3 cm³/mol. The van der Waals surface area contributed by atoms with E-state index in [4.69, 9.17) is 9.63 Å². The first-order valence-electron chi connectivity index (χ1n) is 4.29. The van der Waals surface area contributed by atoms with Crippen LogP contribution in [0.25, 0.3) is 11.1 Å². The molecule has 0 fully saturated rings. The highest BCUT2D eigenvalue weighted by Crippen LogP contribution is 2.10. The minimum absolute atomic E-state index is 0.0189. The maximum Gasteiger partial charge on any atom is 0.305 e. The quantitative estimate of drug-likeness (QED) is 0.754. The number of rotatable bonds is 4. The maximum absolute atomic E-state index is 10.3. The van der Waals surface area contributed by atoms with Crippen molar-refractivity contribution in [1.82, 2.24) is 15.1 Å². The Kier molecular flexibility index (Phi) is 2.44. The van der Waals surface area contributed by atoms with E-state index in [2.05, 4.69) is 20.4 Å². The molecule has 0 aromatic carbocycles. The van der Waals surface area contributed by atoms with Gasteiger partial charge in [0, 0.05) is 6.54 Å². The highest BCUT2D eigenvalue weighted by Gasteiger charge is 2.03. The Bertz CT molecular complexity index is 481. The van der Waals surface area contributed by atoms with Gasteiger partial charge in [0.25, 0.3) is 0 Å². The average molecular weight is 208 g/mol. The SMILES string of the molecule is O=C(O)CCNc1ncc2oncc2n1. The van der Waals surface area contributed by atoms with Gasteiger partial charge in [0.1, 0.15) is 5.52 Å². The molecule has 0 aliphatic heterocycles. The molecular formula is C8H8N4O3. The van der Waals surface area contributed by atoms with Crippen LogP contribution in [0.4, 0.5) is 5.95 Å². The van der Waals surface area contributed by atoms with Crippen LogP contribution < -0.4 is 5.32 Å². The number of fused-ring (bicyclic) bond motifs is 1. The van der Waals surface area contributed by atoms with Gasteiger partial charge in [-0.3, -0.25) is 4.79 Å². The van der Waals surface area contributed by atoms with Gasteiger partial charge in [0.2, 0.25) is 11.5 Å². The molecule has 0 unspecified atom stereocenters. The molecule has 0 radical (unpaired) electrons. The van der Waals surface area contributed by atoms with Gasteiger partial charge in [0.05, 0.1) is 18.8 Å². The lowest BCUT2D eigenvalue weighted by Crippen LogP contribution is -2.09. The van der Waals surface area contributed by atoms with Crippen LogP contribution >= 0.6 is 0 Å². The van der Waals surface area contributed by atoms with Crippen LogP contribution in [-0.2, 0) is 4.79 Å². The molecule has 2 rings (SSSR count). The molecule has 7 heteroatoms. The Morgan fingerprint density at radius 1 is 1.53 bits per heavy atom. The number of nitrogens with one attached hydrogen (secondary N) is 1. The molecule has 78 valence electrons. The molecule has 0 amide bonds. The van der Waals surface area contributed by atoms with Gasteiger partial charge in [-0.1, -0.05) is 5.16 Å². The molecule has 0 aliphatic carbocycles. The van der Waals surface area contributed by atoms with Crippen LogP contribution in [0, 0.1) is 0 Å². The van der Waals surface area contributed by atoms with Crippen LogP contribution in [0.1, 0.15) is 6.42 Å². The summed E-state index contributed by atoms with van der Waals surface area (Å²) >= 11 is 0. The summed E-state index contributed by atoms with van der Waals surface area (Å²) in [5, 5.41) is 14.8. The van der Waals surface area contributed by atoms with E-state index >= 15 is 0 Å². The van der Waals surface area contributed by atoms with Gasteiger partial charge in [-0.2, -0.15) is 0 Å². The van der Waals surface area contributed by atoms with Crippen molar-refractivity contribution in [3.63, 3.8) is 0 Å². The monoisotopic (exact) mass is 208 g/mol. The van der Waals surface area contributed by atoms with E-state index in [-0.39, 0.29) is 13.0 Å². The van der Waals surface area contributed by atoms with Crippen LogP contribution in [0.3, 0.4) is 0 Å². The first kappa shape index (κ1) is 9.38. The second-order valence-electron chi connectivity index (χ2n) is 2.84. The third-order valence-corrected chi connectivity index (χ3v) is 1.73. The average Bonchev–Trinajstić information content (AvgIpc) is 2.64. The molecule has 2 N–H and O–H groups in total. The fraction of sp³-hybridized carbons (Fsp3) is 0.250. The topological polar surface area (TPSA) is 101 Å². The Hall–Kier alpha value is -2.18. The number of carbonyl (C=O) groups is 1. The molecule has 0 bridgehead atoms. The van der Waals surface area contributed by atoms with E-state index in [1.54, 1.807) is 0 Å². The van der Waals surface area contributed by atoms with Crippen molar-refractivity contribution in [2.45, 2.75) is 6.42 Å². The van der Waals surface area contributed by atoms with Gasteiger partial charge in [-0.15, -0.1) is 0 Å². The number of anilines is 1. The van der Waals surface area contributed by atoms with E-state index in [0.29, 0.717) is 17.0 Å². The van der Waals surface area contributed by atoms with Gasteiger partial charge in [0.15, 0.2) is 0 Å². The Balaban J connectivity index is 2.04. The van der Waals surface area contributed by atoms with Crippen LogP contribution in [0.15, 0.2) is 16.9 Å². The summed E-state index contributed by atoms with van der Waals surface area (Å²) in [6.07, 6.45) is 2.98. The van der Waals surface area contributed by atoms with Gasteiger partial charge >= 0.3 is 5.97 Å². The zero-order valence-electron chi connectivity index (χ0n) is 7.67. The van der Waals surface area contributed by atoms with E-state index < -0.39 is 5.97 Å². The lowest BCUT2D eigenvalue weighted by atomic mass is 10.4. The molecule has 0 spiro atoms. The second kappa shape index (κ2) is 3.91. The van der Waals surface area contributed by atoms with Gasteiger partial charge in [-0.25, -0.2) is 9.97 Å². The number of hydrogen-bond donors (Lipinski definition) is 2. The van der Waals surface area contributed by atoms with Crippen LogP contribution in [0.5, 0.6) is 0 Å². The first-order chi connectivity index (χ1) is 7.25. The normalized spacial score (nSPS) is 10.4. The highest BCUT2D eigenvalue weighted by molar-refractivity contribution is 5.71. The smallest absolute Gasteiger partial charge is 0.305 e. The van der Waals surface area contributed by atoms with Crippen molar-refractivity contribution in [2.24, 2.45) is 0 Å². The number of carboxylic acid groups (broad SMARTS) is 1. The molecule has 0 aliphatic rings. The van der Waals surface area contributed by atoms with Crippen molar-refractivity contribution in [2.75, 3.05) is 11.9 Å². The number of aromatic nitrogens is 3. The standard InChI is InChI=1S/C8H8N4O3/c13-7(14)1-2-9-8-10-4-6-5(12-8)3-11-15-6/h3-4H,1-2H2,(H,13,14)(H,9,10,12). The first-order valence-corrected chi connectivity index (χ1v) is 4.29. The Labute approximate surface area is 84.1 Å². The summed E-state index contributed by atoms with van der Waals surface area (Å²) in [6.45, 7) is 0.284.